The SMILES string of the molecule is CC(=O)O[C@]1(C(C)=O)CCC2C3CCC4=C/C(=N\OCC(=O)O)CC[C@]4(C)C3CC[C@@]21C. The molecule has 0 heterocycles. The van der Waals surface area contributed by atoms with Crippen molar-refractivity contribution in [3.8, 4) is 0 Å². The maximum atomic E-state index is 12.8. The first-order valence-electron chi connectivity index (χ1n) is 11.9. The van der Waals surface area contributed by atoms with E-state index in [1.807, 2.05) is 0 Å². The predicted molar refractivity (Wildman–Crippen MR) is 118 cm³/mol. The van der Waals surface area contributed by atoms with Crippen LogP contribution >= 0.6 is 0 Å². The van der Waals surface area contributed by atoms with Gasteiger partial charge in [0, 0.05) is 12.3 Å². The van der Waals surface area contributed by atoms with Crippen molar-refractivity contribution in [2.75, 3.05) is 6.61 Å². The summed E-state index contributed by atoms with van der Waals surface area (Å²) in [7, 11) is 0. The number of ketones is 1. The molecule has 1 N–H and O–H groups in total. The molecule has 0 amide bonds. The lowest BCUT2D eigenvalue weighted by Crippen LogP contribution is -2.58. The number of allylic oxidation sites excluding steroid dienone is 2. The van der Waals surface area contributed by atoms with E-state index in [0.29, 0.717) is 24.2 Å². The Hall–Kier alpha value is -2.18. The zero-order chi connectivity index (χ0) is 23.3. The van der Waals surface area contributed by atoms with Crippen LogP contribution in [0.1, 0.15) is 79.1 Å². The number of carbonyl (C=O) groups is 3. The summed E-state index contributed by atoms with van der Waals surface area (Å²) in [5.74, 6) is 0.00154. The van der Waals surface area contributed by atoms with Crippen molar-refractivity contribution >= 4 is 23.4 Å². The zero-order valence-corrected chi connectivity index (χ0v) is 19.6. The van der Waals surface area contributed by atoms with E-state index in [2.05, 4.69) is 25.1 Å². The number of carboxylic acids is 1. The van der Waals surface area contributed by atoms with Crippen molar-refractivity contribution in [3.63, 3.8) is 0 Å². The molecule has 4 aliphatic rings. The van der Waals surface area contributed by atoms with Gasteiger partial charge in [-0.25, -0.2) is 4.79 Å². The van der Waals surface area contributed by atoms with E-state index in [0.717, 1.165) is 50.7 Å². The molecule has 32 heavy (non-hydrogen) atoms. The molecule has 6 atom stereocenters. The number of hydrogen-bond donors (Lipinski definition) is 1. The molecule has 0 aromatic heterocycles. The third kappa shape index (κ3) is 3.39. The summed E-state index contributed by atoms with van der Waals surface area (Å²) in [4.78, 5) is 40.4. The van der Waals surface area contributed by atoms with Crippen molar-refractivity contribution in [3.05, 3.63) is 11.6 Å². The number of oxime groups is 1. The lowest BCUT2D eigenvalue weighted by Gasteiger charge is -2.59. The number of hydrogen-bond acceptors (Lipinski definition) is 6. The molecule has 3 unspecified atom stereocenters. The molecule has 4 rings (SSSR count). The summed E-state index contributed by atoms with van der Waals surface area (Å²) < 4.78 is 5.84. The Kier molecular flexibility index (Phi) is 5.74. The number of fused-ring (bicyclic) bond motifs is 5. The topological polar surface area (TPSA) is 102 Å². The number of rotatable bonds is 5. The predicted octanol–water partition coefficient (Wildman–Crippen LogP) is 4.30. The van der Waals surface area contributed by atoms with Crippen LogP contribution in [-0.4, -0.2) is 40.7 Å². The number of aliphatic carboxylic acids is 1. The van der Waals surface area contributed by atoms with Crippen LogP contribution < -0.4 is 0 Å². The molecule has 176 valence electrons. The Morgan fingerprint density at radius 1 is 1.06 bits per heavy atom. The maximum Gasteiger partial charge on any atom is 0.344 e. The fourth-order valence-electron chi connectivity index (χ4n) is 7.87. The van der Waals surface area contributed by atoms with Crippen LogP contribution in [0, 0.1) is 28.6 Å². The Morgan fingerprint density at radius 3 is 2.44 bits per heavy atom. The van der Waals surface area contributed by atoms with Gasteiger partial charge in [-0.05, 0) is 87.5 Å². The standard InChI is InChI=1S/C25H35NO6/c1-15(27)25(32-16(2)28)12-9-21-19-6-5-17-13-18(26-31-14-22(29)30)7-10-23(17,3)20(19)8-11-24(21,25)4/h13,19-21H,5-12,14H2,1-4H3,(H,29,30)/b26-18-/t19?,20?,21?,23-,24-,25-/m0/s1. The average molecular weight is 446 g/mol. The zero-order valence-electron chi connectivity index (χ0n) is 19.6. The number of carbonyl (C=O) groups excluding carboxylic acids is 2. The van der Waals surface area contributed by atoms with E-state index in [1.54, 1.807) is 6.92 Å². The molecule has 0 aromatic rings. The quantitative estimate of drug-likeness (QED) is 0.500. The van der Waals surface area contributed by atoms with Crippen LogP contribution in [-0.2, 0) is 24.0 Å². The summed E-state index contributed by atoms with van der Waals surface area (Å²) >= 11 is 0. The molecular formula is C25H35NO6. The smallest absolute Gasteiger partial charge is 0.344 e. The molecule has 0 aromatic carbocycles. The minimum atomic E-state index is -1.03. The van der Waals surface area contributed by atoms with Crippen molar-refractivity contribution in [2.45, 2.75) is 84.7 Å². The summed E-state index contributed by atoms with van der Waals surface area (Å²) in [5, 5.41) is 12.8. The Balaban J connectivity index is 1.59. The van der Waals surface area contributed by atoms with Crippen LogP contribution in [0.3, 0.4) is 0 Å². The van der Waals surface area contributed by atoms with Gasteiger partial charge in [0.25, 0.3) is 0 Å². The first-order valence-corrected chi connectivity index (χ1v) is 11.9. The normalized spacial score (nSPS) is 41.7. The lowest BCUT2D eigenvalue weighted by atomic mass is 9.46. The van der Waals surface area contributed by atoms with Crippen molar-refractivity contribution < 1.29 is 29.1 Å². The lowest BCUT2D eigenvalue weighted by molar-refractivity contribution is -0.187. The average Bonchev–Trinajstić information content (AvgIpc) is 3.01. The van der Waals surface area contributed by atoms with Gasteiger partial charge < -0.3 is 14.7 Å². The van der Waals surface area contributed by atoms with Gasteiger partial charge in [0.1, 0.15) is 0 Å². The summed E-state index contributed by atoms with van der Waals surface area (Å²) in [6.45, 7) is 7.12. The minimum absolute atomic E-state index is 0.0152. The molecule has 0 spiro atoms. The van der Waals surface area contributed by atoms with E-state index in [-0.39, 0.29) is 22.6 Å². The number of carboxylic acid groups (broad SMARTS) is 1. The summed E-state index contributed by atoms with van der Waals surface area (Å²) in [6.07, 6.45) is 9.37. The molecule has 0 radical (unpaired) electrons. The van der Waals surface area contributed by atoms with Crippen molar-refractivity contribution in [1.29, 1.82) is 0 Å². The number of ether oxygens (including phenoxy) is 1. The number of nitrogens with zero attached hydrogens (tertiary/aromatic N) is 1. The minimum Gasteiger partial charge on any atom is -0.479 e. The van der Waals surface area contributed by atoms with Gasteiger partial charge in [-0.15, -0.1) is 0 Å². The van der Waals surface area contributed by atoms with Crippen LogP contribution in [0.15, 0.2) is 16.8 Å². The highest BCUT2D eigenvalue weighted by molar-refractivity contribution is 5.96. The molecule has 7 nitrogen and oxygen atoms in total. The molecule has 3 saturated carbocycles. The van der Waals surface area contributed by atoms with Crippen LogP contribution in [0.5, 0.6) is 0 Å². The summed E-state index contributed by atoms with van der Waals surface area (Å²) in [6, 6.07) is 0. The maximum absolute atomic E-state index is 12.8. The molecule has 7 heteroatoms. The molecular weight excluding hydrogens is 410 g/mol. The number of esters is 1. The highest BCUT2D eigenvalue weighted by atomic mass is 16.6. The van der Waals surface area contributed by atoms with E-state index < -0.39 is 18.2 Å². The molecule has 0 aliphatic heterocycles. The van der Waals surface area contributed by atoms with E-state index in [9.17, 15) is 14.4 Å². The second-order valence-electron chi connectivity index (χ2n) is 10.7. The monoisotopic (exact) mass is 445 g/mol. The third-order valence-corrected chi connectivity index (χ3v) is 9.35. The molecule has 3 fully saturated rings. The number of Topliss-reactive ketones (excluding diaryl/α,β-unsaturated/α-hetero) is 1. The van der Waals surface area contributed by atoms with E-state index in [1.165, 1.54) is 12.5 Å². The fraction of sp³-hybridized carbons (Fsp3) is 0.760. The second-order valence-corrected chi connectivity index (χ2v) is 10.7. The highest BCUT2D eigenvalue weighted by Gasteiger charge is 2.67. The van der Waals surface area contributed by atoms with Gasteiger partial charge >= 0.3 is 11.9 Å². The van der Waals surface area contributed by atoms with Gasteiger partial charge in [-0.3, -0.25) is 9.59 Å². The van der Waals surface area contributed by atoms with Crippen molar-refractivity contribution in [1.82, 2.24) is 0 Å². The Bertz CT molecular complexity index is 893. The first-order chi connectivity index (χ1) is 15.0. The third-order valence-electron chi connectivity index (χ3n) is 9.35. The van der Waals surface area contributed by atoms with E-state index in [4.69, 9.17) is 14.7 Å². The Morgan fingerprint density at radius 2 is 1.78 bits per heavy atom. The van der Waals surface area contributed by atoms with Gasteiger partial charge in [-0.1, -0.05) is 24.6 Å². The largest absolute Gasteiger partial charge is 0.479 e. The second kappa shape index (κ2) is 7.99. The van der Waals surface area contributed by atoms with Gasteiger partial charge in [0.15, 0.2) is 11.4 Å². The Labute approximate surface area is 189 Å². The summed E-state index contributed by atoms with van der Waals surface area (Å²) in [5.41, 5.74) is 0.999. The first kappa shape index (κ1) is 23.0. The molecule has 0 saturated heterocycles. The van der Waals surface area contributed by atoms with Gasteiger partial charge in [-0.2, -0.15) is 0 Å². The van der Waals surface area contributed by atoms with Crippen molar-refractivity contribution in [2.24, 2.45) is 33.7 Å². The van der Waals surface area contributed by atoms with Crippen LogP contribution in [0.2, 0.25) is 0 Å². The fourth-order valence-corrected chi connectivity index (χ4v) is 7.87. The van der Waals surface area contributed by atoms with Crippen LogP contribution in [0.4, 0.5) is 0 Å². The van der Waals surface area contributed by atoms with Gasteiger partial charge in [0.05, 0.1) is 5.71 Å². The molecule has 4 aliphatic carbocycles. The van der Waals surface area contributed by atoms with E-state index >= 15 is 0 Å². The molecule has 0 bridgehead atoms. The van der Waals surface area contributed by atoms with Crippen LogP contribution in [0.25, 0.3) is 0 Å². The highest BCUT2D eigenvalue weighted by Crippen LogP contribution is 2.68. The van der Waals surface area contributed by atoms with Gasteiger partial charge in [0.2, 0.25) is 6.61 Å².